The van der Waals surface area contributed by atoms with E-state index in [1.807, 2.05) is 32.1 Å². The van der Waals surface area contributed by atoms with Gasteiger partial charge < -0.3 is 11.1 Å². The molecule has 0 amide bonds. The van der Waals surface area contributed by atoms with Crippen LogP contribution in [-0.2, 0) is 0 Å². The lowest BCUT2D eigenvalue weighted by Gasteiger charge is -2.29. The van der Waals surface area contributed by atoms with Gasteiger partial charge in [0.2, 0.25) is 0 Å². The molecule has 2 nitrogen and oxygen atoms in total. The number of benzene rings is 1. The number of nitrogens with two attached hydrogens (primary N) is 1. The van der Waals surface area contributed by atoms with Gasteiger partial charge in [-0.1, -0.05) is 30.3 Å². The lowest BCUT2D eigenvalue weighted by Crippen LogP contribution is -2.40. The monoisotopic (exact) mass is 256 g/mol. The van der Waals surface area contributed by atoms with Gasteiger partial charge in [-0.15, -0.1) is 6.58 Å². The highest BCUT2D eigenvalue weighted by Gasteiger charge is 2.26. The number of nitrogens with one attached hydrogen (secondary N) is 1. The minimum absolute atomic E-state index is 0.521. The predicted molar refractivity (Wildman–Crippen MR) is 84.6 cm³/mol. The first-order valence-electron chi connectivity index (χ1n) is 6.54. The SMILES string of the molecule is C=CCC(C)(N)/C(C(C)=N)=C(\C)c1ccccc1C. The third-order valence-corrected chi connectivity index (χ3v) is 3.44. The average Bonchev–Trinajstić information content (AvgIpc) is 2.28. The van der Waals surface area contributed by atoms with Crippen molar-refractivity contribution in [2.24, 2.45) is 5.73 Å². The zero-order valence-corrected chi connectivity index (χ0v) is 12.4. The van der Waals surface area contributed by atoms with E-state index in [-0.39, 0.29) is 0 Å². The highest BCUT2D eigenvalue weighted by molar-refractivity contribution is 6.04. The zero-order valence-electron chi connectivity index (χ0n) is 12.4. The Hall–Kier alpha value is -1.67. The molecule has 1 aromatic rings. The molecule has 0 saturated heterocycles. The largest absolute Gasteiger partial charge is 0.321 e. The first kappa shape index (κ1) is 15.4. The molecular formula is C17H24N2. The molecule has 1 aromatic carbocycles. The summed E-state index contributed by atoms with van der Waals surface area (Å²) in [5, 5.41) is 8.06. The molecule has 2 heteroatoms. The fourth-order valence-corrected chi connectivity index (χ4v) is 2.67. The first-order chi connectivity index (χ1) is 8.81. The summed E-state index contributed by atoms with van der Waals surface area (Å²) in [5.74, 6) is 0. The van der Waals surface area contributed by atoms with Crippen molar-refractivity contribution in [2.75, 3.05) is 0 Å². The second kappa shape index (κ2) is 5.98. The van der Waals surface area contributed by atoms with Gasteiger partial charge in [-0.25, -0.2) is 0 Å². The minimum atomic E-state index is -0.556. The van der Waals surface area contributed by atoms with Crippen LogP contribution in [0.3, 0.4) is 0 Å². The summed E-state index contributed by atoms with van der Waals surface area (Å²) in [7, 11) is 0. The quantitative estimate of drug-likeness (QED) is 0.604. The Labute approximate surface area is 116 Å². The molecule has 0 spiro atoms. The fourth-order valence-electron chi connectivity index (χ4n) is 2.67. The Bertz CT molecular complexity index is 522. The van der Waals surface area contributed by atoms with Crippen LogP contribution < -0.4 is 5.73 Å². The average molecular weight is 256 g/mol. The lowest BCUT2D eigenvalue weighted by molar-refractivity contribution is 0.577. The molecule has 0 aliphatic heterocycles. The van der Waals surface area contributed by atoms with Crippen LogP contribution in [0.5, 0.6) is 0 Å². The van der Waals surface area contributed by atoms with Gasteiger partial charge in [-0.05, 0) is 56.4 Å². The molecule has 102 valence electrons. The predicted octanol–water partition coefficient (Wildman–Crippen LogP) is 4.10. The van der Waals surface area contributed by atoms with Gasteiger partial charge in [0, 0.05) is 11.3 Å². The number of aryl methyl sites for hydroxylation is 1. The van der Waals surface area contributed by atoms with Gasteiger partial charge in [0.1, 0.15) is 0 Å². The summed E-state index contributed by atoms with van der Waals surface area (Å²) in [6.45, 7) is 11.6. The van der Waals surface area contributed by atoms with E-state index in [9.17, 15) is 0 Å². The molecule has 0 aromatic heterocycles. The second-order valence-electron chi connectivity index (χ2n) is 5.35. The van der Waals surface area contributed by atoms with Crippen molar-refractivity contribution in [2.45, 2.75) is 39.7 Å². The molecule has 0 aliphatic rings. The van der Waals surface area contributed by atoms with Gasteiger partial charge in [0.05, 0.1) is 0 Å². The van der Waals surface area contributed by atoms with Crippen LogP contribution in [0.4, 0.5) is 0 Å². The summed E-state index contributed by atoms with van der Waals surface area (Å²) in [5.41, 5.74) is 10.7. The van der Waals surface area contributed by atoms with Gasteiger partial charge >= 0.3 is 0 Å². The van der Waals surface area contributed by atoms with Crippen LogP contribution >= 0.6 is 0 Å². The molecule has 1 atom stereocenters. The Morgan fingerprint density at radius 1 is 1.37 bits per heavy atom. The Morgan fingerprint density at radius 2 is 1.95 bits per heavy atom. The fraction of sp³-hybridized carbons (Fsp3) is 0.353. The van der Waals surface area contributed by atoms with Crippen LogP contribution in [0.2, 0.25) is 0 Å². The van der Waals surface area contributed by atoms with Crippen molar-refractivity contribution in [3.63, 3.8) is 0 Å². The maximum atomic E-state index is 8.06. The molecule has 1 unspecified atom stereocenters. The maximum Gasteiger partial charge on any atom is 0.0436 e. The standard InChI is InChI=1S/C17H24N2/c1-6-11-17(5,19)16(14(4)18)13(3)15-10-8-7-9-12(15)2/h6-10,18H,1,11,19H2,2-5H3/b16-13+,18-14?. The highest BCUT2D eigenvalue weighted by atomic mass is 14.7. The van der Waals surface area contributed by atoms with Crippen molar-refractivity contribution >= 4 is 11.3 Å². The van der Waals surface area contributed by atoms with Crippen LogP contribution in [0.15, 0.2) is 42.5 Å². The van der Waals surface area contributed by atoms with E-state index in [1.165, 1.54) is 5.56 Å². The molecule has 0 bridgehead atoms. The van der Waals surface area contributed by atoms with Crippen molar-refractivity contribution in [1.82, 2.24) is 0 Å². The molecule has 19 heavy (non-hydrogen) atoms. The van der Waals surface area contributed by atoms with E-state index < -0.39 is 5.54 Å². The third kappa shape index (κ3) is 3.42. The number of hydrogen-bond donors (Lipinski definition) is 2. The second-order valence-corrected chi connectivity index (χ2v) is 5.35. The molecule has 0 heterocycles. The Kier molecular flexibility index (Phi) is 4.84. The molecule has 3 N–H and O–H groups in total. The van der Waals surface area contributed by atoms with Crippen LogP contribution in [0.1, 0.15) is 38.3 Å². The molecule has 0 fully saturated rings. The summed E-state index contributed by atoms with van der Waals surface area (Å²) >= 11 is 0. The van der Waals surface area contributed by atoms with Crippen molar-refractivity contribution in [1.29, 1.82) is 5.41 Å². The smallest absolute Gasteiger partial charge is 0.0436 e. The zero-order chi connectivity index (χ0) is 14.6. The van der Waals surface area contributed by atoms with E-state index in [1.54, 1.807) is 6.92 Å². The Balaban J connectivity index is 3.47. The molecule has 0 aliphatic carbocycles. The normalized spacial score (nSPS) is 15.4. The van der Waals surface area contributed by atoms with E-state index in [4.69, 9.17) is 11.1 Å². The summed E-state index contributed by atoms with van der Waals surface area (Å²) in [6, 6.07) is 8.20. The number of rotatable bonds is 5. The van der Waals surface area contributed by atoms with Gasteiger partial charge in [0.15, 0.2) is 0 Å². The number of allylic oxidation sites excluding steroid dienone is 1. The van der Waals surface area contributed by atoms with Crippen molar-refractivity contribution in [3.05, 3.63) is 53.6 Å². The molecule has 0 saturated carbocycles. The van der Waals surface area contributed by atoms with Crippen molar-refractivity contribution < 1.29 is 0 Å². The highest BCUT2D eigenvalue weighted by Crippen LogP contribution is 2.29. The first-order valence-corrected chi connectivity index (χ1v) is 6.54. The lowest BCUT2D eigenvalue weighted by atomic mass is 9.81. The Morgan fingerprint density at radius 3 is 2.42 bits per heavy atom. The summed E-state index contributed by atoms with van der Waals surface area (Å²) in [4.78, 5) is 0. The molecular weight excluding hydrogens is 232 g/mol. The molecule has 0 radical (unpaired) electrons. The van der Waals surface area contributed by atoms with Crippen LogP contribution in [-0.4, -0.2) is 11.3 Å². The van der Waals surface area contributed by atoms with E-state index in [2.05, 4.69) is 25.6 Å². The molecule has 1 rings (SSSR count). The summed E-state index contributed by atoms with van der Waals surface area (Å²) < 4.78 is 0. The topological polar surface area (TPSA) is 49.9 Å². The summed E-state index contributed by atoms with van der Waals surface area (Å²) in [6.07, 6.45) is 2.47. The van der Waals surface area contributed by atoms with Gasteiger partial charge in [-0.2, -0.15) is 0 Å². The minimum Gasteiger partial charge on any atom is -0.321 e. The third-order valence-electron chi connectivity index (χ3n) is 3.44. The van der Waals surface area contributed by atoms with Crippen LogP contribution in [0.25, 0.3) is 5.57 Å². The maximum absolute atomic E-state index is 8.06. The van der Waals surface area contributed by atoms with Crippen molar-refractivity contribution in [3.8, 4) is 0 Å². The number of hydrogen-bond acceptors (Lipinski definition) is 2. The van der Waals surface area contributed by atoms with Crippen LogP contribution in [0, 0.1) is 12.3 Å². The van der Waals surface area contributed by atoms with E-state index in [0.717, 1.165) is 16.7 Å². The van der Waals surface area contributed by atoms with E-state index in [0.29, 0.717) is 12.1 Å². The van der Waals surface area contributed by atoms with Gasteiger partial charge in [0.25, 0.3) is 0 Å². The van der Waals surface area contributed by atoms with Gasteiger partial charge in [-0.3, -0.25) is 0 Å². The van der Waals surface area contributed by atoms with E-state index >= 15 is 0 Å².